The van der Waals surface area contributed by atoms with Crippen molar-refractivity contribution in [2.24, 2.45) is 0 Å². The summed E-state index contributed by atoms with van der Waals surface area (Å²) >= 11 is 6.26. The molecule has 9 heteroatoms. The molecule has 1 aliphatic heterocycles. The number of methoxy groups -OCH3 is 2. The number of ether oxygens (including phenoxy) is 2. The van der Waals surface area contributed by atoms with Crippen molar-refractivity contribution in [1.82, 2.24) is 0 Å². The summed E-state index contributed by atoms with van der Waals surface area (Å²) in [6.45, 7) is 2.15. The fourth-order valence-corrected chi connectivity index (χ4v) is 4.20. The highest BCUT2D eigenvalue weighted by Gasteiger charge is 2.40. The van der Waals surface area contributed by atoms with Crippen molar-refractivity contribution in [2.75, 3.05) is 29.8 Å². The van der Waals surface area contributed by atoms with Gasteiger partial charge in [0.25, 0.3) is 17.7 Å². The second-order valence-corrected chi connectivity index (χ2v) is 9.01. The molecule has 1 aliphatic rings. The Hall–Kier alpha value is -4.30. The first-order valence-corrected chi connectivity index (χ1v) is 12.5. The topological polar surface area (TPSA) is 97.0 Å². The molecule has 0 spiro atoms. The number of carbonyl (C=O) groups excluding carboxylic acids is 3. The Morgan fingerprint density at radius 1 is 0.895 bits per heavy atom. The van der Waals surface area contributed by atoms with E-state index in [2.05, 4.69) is 17.6 Å². The molecule has 3 aromatic carbocycles. The van der Waals surface area contributed by atoms with Crippen molar-refractivity contribution in [2.45, 2.75) is 26.2 Å². The van der Waals surface area contributed by atoms with E-state index in [1.807, 2.05) is 24.3 Å². The Labute approximate surface area is 226 Å². The normalized spacial score (nSPS) is 13.1. The maximum atomic E-state index is 13.2. The Morgan fingerprint density at radius 2 is 1.58 bits per heavy atom. The molecule has 8 nitrogen and oxygen atoms in total. The molecule has 4 rings (SSSR count). The van der Waals surface area contributed by atoms with Gasteiger partial charge in [0.1, 0.15) is 22.2 Å². The van der Waals surface area contributed by atoms with Crippen LogP contribution in [-0.4, -0.2) is 31.9 Å². The fraction of sp³-hybridized carbons (Fsp3) is 0.207. The number of rotatable bonds is 10. The lowest BCUT2D eigenvalue weighted by Gasteiger charge is -2.18. The number of hydrogen-bond donors (Lipinski definition) is 2. The molecule has 0 bridgehead atoms. The largest absolute Gasteiger partial charge is 0.497 e. The molecule has 196 valence electrons. The van der Waals surface area contributed by atoms with Gasteiger partial charge in [0.2, 0.25) is 0 Å². The van der Waals surface area contributed by atoms with Crippen LogP contribution >= 0.6 is 11.6 Å². The van der Waals surface area contributed by atoms with Crippen LogP contribution in [0.1, 0.15) is 35.7 Å². The van der Waals surface area contributed by atoms with Crippen LogP contribution in [0, 0.1) is 0 Å². The minimum Gasteiger partial charge on any atom is -0.497 e. The van der Waals surface area contributed by atoms with E-state index >= 15 is 0 Å². The maximum Gasteiger partial charge on any atom is 0.283 e. The van der Waals surface area contributed by atoms with Gasteiger partial charge in [-0.2, -0.15) is 0 Å². The van der Waals surface area contributed by atoms with E-state index in [-0.39, 0.29) is 28.1 Å². The molecule has 38 heavy (non-hydrogen) atoms. The van der Waals surface area contributed by atoms with Crippen molar-refractivity contribution in [3.05, 3.63) is 88.6 Å². The van der Waals surface area contributed by atoms with Crippen LogP contribution in [0.3, 0.4) is 0 Å². The Bertz CT molecular complexity index is 1380. The highest BCUT2D eigenvalue weighted by molar-refractivity contribution is 6.53. The standard InChI is InChI=1S/C29H28ClN3O5/c1-4-5-6-18-7-11-21(12-8-18)32-27(34)19-9-13-20(14-10-19)31-26-25(30)28(35)33(29(26)36)23-16-15-22(37-2)17-24(23)38-3/h7-17,31H,4-6H2,1-3H3,(H,32,34). The van der Waals surface area contributed by atoms with Gasteiger partial charge in [0.05, 0.1) is 19.9 Å². The summed E-state index contributed by atoms with van der Waals surface area (Å²) in [6, 6.07) is 19.0. The van der Waals surface area contributed by atoms with E-state index in [0.29, 0.717) is 22.7 Å². The Morgan fingerprint density at radius 3 is 2.21 bits per heavy atom. The number of unbranched alkanes of at least 4 members (excludes halogenated alkanes) is 1. The Balaban J connectivity index is 1.44. The van der Waals surface area contributed by atoms with Crippen molar-refractivity contribution in [1.29, 1.82) is 0 Å². The van der Waals surface area contributed by atoms with Crippen molar-refractivity contribution >= 4 is 46.4 Å². The van der Waals surface area contributed by atoms with Crippen molar-refractivity contribution in [3.8, 4) is 11.5 Å². The van der Waals surface area contributed by atoms with E-state index < -0.39 is 11.8 Å². The summed E-state index contributed by atoms with van der Waals surface area (Å²) in [7, 11) is 2.93. The van der Waals surface area contributed by atoms with Crippen LogP contribution in [0.4, 0.5) is 17.1 Å². The van der Waals surface area contributed by atoms with E-state index in [1.54, 1.807) is 42.5 Å². The zero-order valence-corrected chi connectivity index (χ0v) is 22.1. The first-order valence-electron chi connectivity index (χ1n) is 12.1. The zero-order chi connectivity index (χ0) is 27.2. The monoisotopic (exact) mass is 533 g/mol. The van der Waals surface area contributed by atoms with E-state index in [4.69, 9.17) is 21.1 Å². The molecule has 3 aromatic rings. The molecule has 0 unspecified atom stereocenters. The molecule has 0 saturated heterocycles. The van der Waals surface area contributed by atoms with Gasteiger partial charge in [-0.05, 0) is 66.9 Å². The highest BCUT2D eigenvalue weighted by Crippen LogP contribution is 2.37. The van der Waals surface area contributed by atoms with Gasteiger partial charge in [-0.3, -0.25) is 14.4 Å². The molecule has 0 atom stereocenters. The molecule has 0 saturated carbocycles. The number of nitrogens with one attached hydrogen (secondary N) is 2. The first kappa shape index (κ1) is 26.8. The number of halogens is 1. The van der Waals surface area contributed by atoms with E-state index in [1.165, 1.54) is 19.8 Å². The van der Waals surface area contributed by atoms with Crippen LogP contribution < -0.4 is 25.0 Å². The van der Waals surface area contributed by atoms with Crippen LogP contribution in [0.2, 0.25) is 0 Å². The van der Waals surface area contributed by atoms with Crippen LogP contribution in [0.5, 0.6) is 11.5 Å². The predicted molar refractivity (Wildman–Crippen MR) is 148 cm³/mol. The molecular weight excluding hydrogens is 506 g/mol. The van der Waals surface area contributed by atoms with Crippen LogP contribution in [0.15, 0.2) is 77.5 Å². The van der Waals surface area contributed by atoms with Gasteiger partial charge in [0.15, 0.2) is 0 Å². The predicted octanol–water partition coefficient (Wildman–Crippen LogP) is 5.73. The van der Waals surface area contributed by atoms with Gasteiger partial charge in [0, 0.05) is 23.0 Å². The quantitative estimate of drug-likeness (QED) is 0.323. The SMILES string of the molecule is CCCCc1ccc(NC(=O)c2ccc(NC3=C(Cl)C(=O)N(c4ccc(OC)cc4OC)C3=O)cc2)cc1. The van der Waals surface area contributed by atoms with Gasteiger partial charge in [-0.25, -0.2) is 4.90 Å². The number of hydrogen-bond acceptors (Lipinski definition) is 6. The zero-order valence-electron chi connectivity index (χ0n) is 21.3. The summed E-state index contributed by atoms with van der Waals surface area (Å²) in [6.07, 6.45) is 3.27. The summed E-state index contributed by atoms with van der Waals surface area (Å²) in [4.78, 5) is 39.7. The fourth-order valence-electron chi connectivity index (χ4n) is 3.99. The lowest BCUT2D eigenvalue weighted by molar-refractivity contribution is -0.120. The average molecular weight is 534 g/mol. The lowest BCUT2D eigenvalue weighted by Crippen LogP contribution is -2.32. The lowest BCUT2D eigenvalue weighted by atomic mass is 10.1. The molecule has 1 heterocycles. The van der Waals surface area contributed by atoms with Gasteiger partial charge >= 0.3 is 0 Å². The molecule has 0 aliphatic carbocycles. The van der Waals surface area contributed by atoms with E-state index in [0.717, 1.165) is 24.2 Å². The summed E-state index contributed by atoms with van der Waals surface area (Å²) in [5, 5.41) is 5.54. The third-order valence-electron chi connectivity index (χ3n) is 6.10. The smallest absolute Gasteiger partial charge is 0.283 e. The molecule has 0 radical (unpaired) electrons. The highest BCUT2D eigenvalue weighted by atomic mass is 35.5. The second kappa shape index (κ2) is 11.8. The van der Waals surface area contributed by atoms with Crippen molar-refractivity contribution < 1.29 is 23.9 Å². The molecular formula is C29H28ClN3O5. The number of benzene rings is 3. The number of amides is 3. The minimum atomic E-state index is -0.681. The van der Waals surface area contributed by atoms with E-state index in [9.17, 15) is 14.4 Å². The van der Waals surface area contributed by atoms with Crippen molar-refractivity contribution in [3.63, 3.8) is 0 Å². The number of nitrogens with zero attached hydrogens (tertiary/aromatic N) is 1. The van der Waals surface area contributed by atoms with Gasteiger partial charge in [-0.15, -0.1) is 0 Å². The molecule has 3 amide bonds. The number of aryl methyl sites for hydroxylation is 1. The average Bonchev–Trinajstić information content (AvgIpc) is 3.15. The van der Waals surface area contributed by atoms with Gasteiger partial charge in [-0.1, -0.05) is 37.1 Å². The molecule has 2 N–H and O–H groups in total. The number of anilines is 3. The third kappa shape index (κ3) is 5.65. The van der Waals surface area contributed by atoms with Crippen LogP contribution in [0.25, 0.3) is 0 Å². The number of carbonyl (C=O) groups is 3. The summed E-state index contributed by atoms with van der Waals surface area (Å²) in [5.41, 5.74) is 3.03. The minimum absolute atomic E-state index is 0.0742. The van der Waals surface area contributed by atoms with Gasteiger partial charge < -0.3 is 20.1 Å². The number of imide groups is 1. The molecule has 0 fully saturated rings. The third-order valence-corrected chi connectivity index (χ3v) is 6.45. The first-order chi connectivity index (χ1) is 18.4. The maximum absolute atomic E-state index is 13.2. The summed E-state index contributed by atoms with van der Waals surface area (Å²) in [5.74, 6) is -0.787. The second-order valence-electron chi connectivity index (χ2n) is 8.63. The summed E-state index contributed by atoms with van der Waals surface area (Å²) < 4.78 is 10.5. The van der Waals surface area contributed by atoms with Crippen LogP contribution in [-0.2, 0) is 16.0 Å². The Kier molecular flexibility index (Phi) is 8.33. The molecule has 0 aromatic heterocycles.